The zero-order valence-electron chi connectivity index (χ0n) is 12.0. The van der Waals surface area contributed by atoms with Crippen molar-refractivity contribution in [3.63, 3.8) is 0 Å². The van der Waals surface area contributed by atoms with Crippen molar-refractivity contribution in [2.24, 2.45) is 0 Å². The van der Waals surface area contributed by atoms with Gasteiger partial charge >= 0.3 is 0 Å². The molecule has 1 saturated heterocycles. The van der Waals surface area contributed by atoms with Crippen LogP contribution in [0.5, 0.6) is 0 Å². The smallest absolute Gasteiger partial charge is 0.0740 e. The van der Waals surface area contributed by atoms with Gasteiger partial charge in [-0.2, -0.15) is 0 Å². The summed E-state index contributed by atoms with van der Waals surface area (Å²) in [6.45, 7) is 5.04. The summed E-state index contributed by atoms with van der Waals surface area (Å²) < 4.78 is 0. The first kappa shape index (κ1) is 13.8. The van der Waals surface area contributed by atoms with Gasteiger partial charge in [0.1, 0.15) is 0 Å². The molecule has 3 rings (SSSR count). The minimum Gasteiger partial charge on any atom is -0.315 e. The molecule has 20 heavy (non-hydrogen) atoms. The molecule has 1 aliphatic rings. The van der Waals surface area contributed by atoms with Crippen LogP contribution in [-0.4, -0.2) is 36.1 Å². The van der Waals surface area contributed by atoms with Crippen molar-refractivity contribution >= 4 is 22.5 Å². The Morgan fingerprint density at radius 1 is 1.40 bits per heavy atom. The van der Waals surface area contributed by atoms with E-state index >= 15 is 0 Å². The number of likely N-dealkylation sites (N-methyl/N-ethyl adjacent to an activating group) is 1. The van der Waals surface area contributed by atoms with Gasteiger partial charge in [0.05, 0.1) is 16.2 Å². The van der Waals surface area contributed by atoms with Crippen molar-refractivity contribution in [1.29, 1.82) is 0 Å². The lowest BCUT2D eigenvalue weighted by atomic mass is 10.1. The minimum atomic E-state index is 0.583. The molecule has 0 amide bonds. The van der Waals surface area contributed by atoms with Gasteiger partial charge in [-0.1, -0.05) is 29.8 Å². The molecular formula is C16H20ClN3. The highest BCUT2D eigenvalue weighted by molar-refractivity contribution is 6.32. The summed E-state index contributed by atoms with van der Waals surface area (Å²) in [6, 6.07) is 8.78. The second kappa shape index (κ2) is 5.68. The van der Waals surface area contributed by atoms with E-state index in [2.05, 4.69) is 36.3 Å². The third-order valence-electron chi connectivity index (χ3n) is 4.20. The molecule has 0 spiro atoms. The summed E-state index contributed by atoms with van der Waals surface area (Å²) in [7, 11) is 2.15. The van der Waals surface area contributed by atoms with Crippen molar-refractivity contribution in [3.8, 4) is 0 Å². The summed E-state index contributed by atoms with van der Waals surface area (Å²) in [4.78, 5) is 7.10. The number of para-hydroxylation sites is 1. The van der Waals surface area contributed by atoms with Crippen LogP contribution in [0.4, 0.5) is 0 Å². The highest BCUT2D eigenvalue weighted by Crippen LogP contribution is 2.28. The molecule has 1 fully saturated rings. The maximum atomic E-state index is 6.52. The number of benzene rings is 1. The van der Waals surface area contributed by atoms with E-state index in [-0.39, 0.29) is 0 Å². The minimum absolute atomic E-state index is 0.583. The molecule has 106 valence electrons. The molecule has 4 heteroatoms. The fourth-order valence-electron chi connectivity index (χ4n) is 2.90. The van der Waals surface area contributed by atoms with E-state index < -0.39 is 0 Å². The quantitative estimate of drug-likeness (QED) is 0.941. The van der Waals surface area contributed by atoms with Crippen LogP contribution in [0.25, 0.3) is 10.9 Å². The Morgan fingerprint density at radius 3 is 2.95 bits per heavy atom. The molecule has 0 saturated carbocycles. The topological polar surface area (TPSA) is 28.2 Å². The fraction of sp³-hybridized carbons (Fsp3) is 0.438. The van der Waals surface area contributed by atoms with Gasteiger partial charge < -0.3 is 5.32 Å². The molecule has 3 nitrogen and oxygen atoms in total. The van der Waals surface area contributed by atoms with Gasteiger partial charge in [-0.15, -0.1) is 0 Å². The summed E-state index contributed by atoms with van der Waals surface area (Å²) in [5.74, 6) is 0. The maximum Gasteiger partial charge on any atom is 0.0740 e. The average molecular weight is 290 g/mol. The molecule has 1 unspecified atom stereocenters. The largest absolute Gasteiger partial charge is 0.315 e. The van der Waals surface area contributed by atoms with Crippen LogP contribution >= 0.6 is 11.6 Å². The molecule has 0 radical (unpaired) electrons. The molecule has 1 aromatic carbocycles. The van der Waals surface area contributed by atoms with Crippen LogP contribution in [0, 0.1) is 6.92 Å². The first-order valence-electron chi connectivity index (χ1n) is 7.11. The highest BCUT2D eigenvalue weighted by atomic mass is 35.5. The molecule has 1 aliphatic heterocycles. The van der Waals surface area contributed by atoms with Crippen LogP contribution in [-0.2, 0) is 6.54 Å². The number of nitrogens with one attached hydrogen (secondary N) is 1. The van der Waals surface area contributed by atoms with Crippen molar-refractivity contribution in [2.75, 3.05) is 20.1 Å². The number of fused-ring (bicyclic) bond motifs is 1. The van der Waals surface area contributed by atoms with Crippen LogP contribution in [0.1, 0.15) is 17.7 Å². The number of pyridine rings is 1. The number of hydrogen-bond donors (Lipinski definition) is 1. The Morgan fingerprint density at radius 2 is 2.20 bits per heavy atom. The Balaban J connectivity index is 1.92. The number of halogens is 1. The normalized spacial score (nSPS) is 19.1. The molecular weight excluding hydrogens is 270 g/mol. The summed E-state index contributed by atoms with van der Waals surface area (Å²) >= 11 is 6.52. The van der Waals surface area contributed by atoms with E-state index in [4.69, 9.17) is 16.6 Å². The van der Waals surface area contributed by atoms with Crippen LogP contribution < -0.4 is 5.32 Å². The Bertz CT molecular complexity index is 620. The van der Waals surface area contributed by atoms with Gasteiger partial charge in [0, 0.05) is 24.5 Å². The lowest BCUT2D eigenvalue weighted by Gasteiger charge is -2.24. The summed E-state index contributed by atoms with van der Waals surface area (Å²) in [6.07, 6.45) is 1.20. The standard InChI is InChI=1S/C16H20ClN3/c1-11-13-5-3-4-6-14(13)19-15(16(11)17)10-20(2)12-7-8-18-9-12/h3-6,12,18H,7-10H2,1-2H3. The molecule has 1 atom stereocenters. The maximum absolute atomic E-state index is 6.52. The van der Waals surface area contributed by atoms with Crippen molar-refractivity contribution in [2.45, 2.75) is 25.9 Å². The van der Waals surface area contributed by atoms with Gasteiger partial charge in [0.25, 0.3) is 0 Å². The third-order valence-corrected chi connectivity index (χ3v) is 4.70. The van der Waals surface area contributed by atoms with E-state index in [1.165, 1.54) is 6.42 Å². The second-order valence-corrected chi connectivity index (χ2v) is 5.95. The average Bonchev–Trinajstić information content (AvgIpc) is 2.99. The predicted molar refractivity (Wildman–Crippen MR) is 84.2 cm³/mol. The second-order valence-electron chi connectivity index (χ2n) is 5.58. The van der Waals surface area contributed by atoms with Gasteiger partial charge in [-0.05, 0) is 38.6 Å². The van der Waals surface area contributed by atoms with Gasteiger partial charge in [0.15, 0.2) is 0 Å². The molecule has 2 heterocycles. The highest BCUT2D eigenvalue weighted by Gasteiger charge is 2.21. The number of aryl methyl sites for hydroxylation is 1. The Kier molecular flexibility index (Phi) is 3.92. The lowest BCUT2D eigenvalue weighted by molar-refractivity contribution is 0.246. The van der Waals surface area contributed by atoms with Gasteiger partial charge in [0.2, 0.25) is 0 Å². The number of hydrogen-bond acceptors (Lipinski definition) is 3. The van der Waals surface area contributed by atoms with Crippen LogP contribution in [0.2, 0.25) is 5.02 Å². The van der Waals surface area contributed by atoms with E-state index in [1.807, 2.05) is 12.1 Å². The first-order chi connectivity index (χ1) is 9.66. The Labute approximate surface area is 124 Å². The SMILES string of the molecule is Cc1c(Cl)c(CN(C)C2CCNC2)nc2ccccc12. The Hall–Kier alpha value is -1.16. The molecule has 0 aliphatic carbocycles. The summed E-state index contributed by atoms with van der Waals surface area (Å²) in [5.41, 5.74) is 3.14. The first-order valence-corrected chi connectivity index (χ1v) is 7.49. The lowest BCUT2D eigenvalue weighted by Crippen LogP contribution is -2.33. The molecule has 1 N–H and O–H groups in total. The number of aromatic nitrogens is 1. The third kappa shape index (κ3) is 2.53. The number of nitrogens with zero attached hydrogens (tertiary/aromatic N) is 2. The van der Waals surface area contributed by atoms with Crippen molar-refractivity contribution in [1.82, 2.24) is 15.2 Å². The molecule has 2 aromatic rings. The van der Waals surface area contributed by atoms with E-state index in [0.717, 1.165) is 46.8 Å². The monoisotopic (exact) mass is 289 g/mol. The van der Waals surface area contributed by atoms with Crippen molar-refractivity contribution in [3.05, 3.63) is 40.5 Å². The zero-order chi connectivity index (χ0) is 14.1. The zero-order valence-corrected chi connectivity index (χ0v) is 12.7. The van der Waals surface area contributed by atoms with E-state index in [9.17, 15) is 0 Å². The fourth-order valence-corrected chi connectivity index (χ4v) is 3.11. The van der Waals surface area contributed by atoms with E-state index in [0.29, 0.717) is 6.04 Å². The molecule has 1 aromatic heterocycles. The molecule has 0 bridgehead atoms. The van der Waals surface area contributed by atoms with Crippen LogP contribution in [0.3, 0.4) is 0 Å². The van der Waals surface area contributed by atoms with E-state index in [1.54, 1.807) is 0 Å². The predicted octanol–water partition coefficient (Wildman–Crippen LogP) is 2.99. The van der Waals surface area contributed by atoms with Crippen molar-refractivity contribution < 1.29 is 0 Å². The van der Waals surface area contributed by atoms with Gasteiger partial charge in [-0.25, -0.2) is 4.98 Å². The van der Waals surface area contributed by atoms with Gasteiger partial charge in [-0.3, -0.25) is 4.90 Å². The number of rotatable bonds is 3. The summed E-state index contributed by atoms with van der Waals surface area (Å²) in [5, 5.41) is 5.35. The van der Waals surface area contributed by atoms with Crippen LogP contribution in [0.15, 0.2) is 24.3 Å².